The summed E-state index contributed by atoms with van der Waals surface area (Å²) in [6.45, 7) is 3.49. The Morgan fingerprint density at radius 1 is 1.27 bits per heavy atom. The van der Waals surface area contributed by atoms with Crippen molar-refractivity contribution in [1.29, 1.82) is 0 Å². The van der Waals surface area contributed by atoms with E-state index in [-0.39, 0.29) is 0 Å². The third-order valence-corrected chi connectivity index (χ3v) is 3.30. The Labute approximate surface area is 68.7 Å². The Kier molecular flexibility index (Phi) is 2.14. The lowest BCUT2D eigenvalue weighted by Crippen LogP contribution is -2.53. The molecule has 0 radical (unpaired) electrons. The molecule has 0 aromatic carbocycles. The maximum Gasteiger partial charge on any atom is 0.0246 e. The molecule has 2 fully saturated rings. The molecule has 2 rings (SSSR count). The fourth-order valence-corrected chi connectivity index (χ4v) is 2.14. The maximum absolute atomic E-state index is 5.75. The molecule has 64 valence electrons. The van der Waals surface area contributed by atoms with Crippen LogP contribution in [0.4, 0.5) is 0 Å². The van der Waals surface area contributed by atoms with Crippen LogP contribution in [0.3, 0.4) is 0 Å². The van der Waals surface area contributed by atoms with Gasteiger partial charge in [0.2, 0.25) is 0 Å². The van der Waals surface area contributed by atoms with E-state index in [1.807, 2.05) is 0 Å². The van der Waals surface area contributed by atoms with E-state index in [0.717, 1.165) is 18.5 Å². The molecule has 2 aliphatic rings. The molecule has 1 heterocycles. The Morgan fingerprint density at radius 3 is 2.27 bits per heavy atom. The zero-order valence-corrected chi connectivity index (χ0v) is 7.13. The van der Waals surface area contributed by atoms with Crippen molar-refractivity contribution in [3.05, 3.63) is 0 Å². The largest absolute Gasteiger partial charge is 0.329 e. The first-order valence-electron chi connectivity index (χ1n) is 4.86. The van der Waals surface area contributed by atoms with E-state index in [2.05, 4.69) is 4.90 Å². The normalized spacial score (nSPS) is 29.2. The smallest absolute Gasteiger partial charge is 0.0246 e. The number of nitrogens with zero attached hydrogens (tertiary/aromatic N) is 1. The van der Waals surface area contributed by atoms with Gasteiger partial charge in [0.25, 0.3) is 0 Å². The topological polar surface area (TPSA) is 29.3 Å². The number of likely N-dealkylation sites (tertiary alicyclic amines) is 1. The van der Waals surface area contributed by atoms with Crippen LogP contribution in [0.2, 0.25) is 0 Å². The highest BCUT2D eigenvalue weighted by atomic mass is 15.2. The minimum Gasteiger partial charge on any atom is -0.329 e. The van der Waals surface area contributed by atoms with E-state index in [1.165, 1.54) is 38.8 Å². The standard InChI is InChI=1S/C9H18N2/c10-7-9(8-3-1-4-8)11-5-2-6-11/h8-9H,1-7,10H2. The van der Waals surface area contributed by atoms with Crippen LogP contribution in [0.15, 0.2) is 0 Å². The molecule has 0 aromatic heterocycles. The van der Waals surface area contributed by atoms with Crippen LogP contribution < -0.4 is 5.73 Å². The lowest BCUT2D eigenvalue weighted by molar-refractivity contribution is 0.0522. The number of rotatable bonds is 3. The van der Waals surface area contributed by atoms with Crippen LogP contribution in [-0.4, -0.2) is 30.6 Å². The highest BCUT2D eigenvalue weighted by molar-refractivity contribution is 4.88. The van der Waals surface area contributed by atoms with Crippen LogP contribution in [-0.2, 0) is 0 Å². The molecule has 1 saturated carbocycles. The Balaban J connectivity index is 1.83. The van der Waals surface area contributed by atoms with Gasteiger partial charge in [-0.15, -0.1) is 0 Å². The molecule has 0 spiro atoms. The summed E-state index contributed by atoms with van der Waals surface area (Å²) >= 11 is 0. The van der Waals surface area contributed by atoms with Gasteiger partial charge in [-0.25, -0.2) is 0 Å². The summed E-state index contributed by atoms with van der Waals surface area (Å²) in [5, 5.41) is 0. The van der Waals surface area contributed by atoms with Crippen molar-refractivity contribution in [2.24, 2.45) is 11.7 Å². The van der Waals surface area contributed by atoms with Crippen molar-refractivity contribution >= 4 is 0 Å². The minimum atomic E-state index is 0.734. The van der Waals surface area contributed by atoms with E-state index in [4.69, 9.17) is 5.73 Å². The highest BCUT2D eigenvalue weighted by Crippen LogP contribution is 2.33. The van der Waals surface area contributed by atoms with Gasteiger partial charge in [-0.3, -0.25) is 4.90 Å². The molecule has 1 aliphatic carbocycles. The van der Waals surface area contributed by atoms with Gasteiger partial charge in [-0.05, 0) is 38.3 Å². The molecule has 2 heteroatoms. The van der Waals surface area contributed by atoms with E-state index in [0.29, 0.717) is 0 Å². The van der Waals surface area contributed by atoms with Gasteiger partial charge in [0.1, 0.15) is 0 Å². The second kappa shape index (κ2) is 3.11. The predicted octanol–water partition coefficient (Wildman–Crippen LogP) is 0.819. The maximum atomic E-state index is 5.75. The summed E-state index contributed by atoms with van der Waals surface area (Å²) in [4.78, 5) is 2.56. The third-order valence-electron chi connectivity index (χ3n) is 3.30. The summed E-state index contributed by atoms with van der Waals surface area (Å²) in [7, 11) is 0. The van der Waals surface area contributed by atoms with Gasteiger partial charge in [-0.1, -0.05) is 6.42 Å². The van der Waals surface area contributed by atoms with Gasteiger partial charge in [-0.2, -0.15) is 0 Å². The zero-order valence-electron chi connectivity index (χ0n) is 7.13. The Morgan fingerprint density at radius 2 is 2.00 bits per heavy atom. The van der Waals surface area contributed by atoms with Crippen LogP contribution >= 0.6 is 0 Å². The van der Waals surface area contributed by atoms with Crippen LogP contribution in [0.1, 0.15) is 25.7 Å². The third kappa shape index (κ3) is 1.30. The second-order valence-electron chi connectivity index (χ2n) is 3.88. The van der Waals surface area contributed by atoms with Crippen molar-refractivity contribution in [2.45, 2.75) is 31.7 Å². The van der Waals surface area contributed by atoms with Crippen molar-refractivity contribution in [1.82, 2.24) is 4.90 Å². The fourth-order valence-electron chi connectivity index (χ4n) is 2.14. The second-order valence-corrected chi connectivity index (χ2v) is 3.88. The minimum absolute atomic E-state index is 0.734. The Hall–Kier alpha value is -0.0800. The number of nitrogens with two attached hydrogens (primary N) is 1. The summed E-state index contributed by atoms with van der Waals surface area (Å²) in [5.74, 6) is 0.945. The highest BCUT2D eigenvalue weighted by Gasteiger charge is 2.32. The van der Waals surface area contributed by atoms with E-state index >= 15 is 0 Å². The van der Waals surface area contributed by atoms with Crippen molar-refractivity contribution < 1.29 is 0 Å². The molecule has 1 aliphatic heterocycles. The van der Waals surface area contributed by atoms with Gasteiger partial charge in [0.15, 0.2) is 0 Å². The van der Waals surface area contributed by atoms with Crippen molar-refractivity contribution in [2.75, 3.05) is 19.6 Å². The van der Waals surface area contributed by atoms with Crippen molar-refractivity contribution in [3.8, 4) is 0 Å². The Bertz CT molecular complexity index is 114. The molecule has 11 heavy (non-hydrogen) atoms. The van der Waals surface area contributed by atoms with E-state index in [9.17, 15) is 0 Å². The monoisotopic (exact) mass is 154 g/mol. The molecular weight excluding hydrogens is 136 g/mol. The summed E-state index contributed by atoms with van der Waals surface area (Å²) in [6.07, 6.45) is 5.69. The van der Waals surface area contributed by atoms with E-state index in [1.54, 1.807) is 0 Å². The molecular formula is C9H18N2. The number of hydrogen-bond acceptors (Lipinski definition) is 2. The van der Waals surface area contributed by atoms with E-state index < -0.39 is 0 Å². The average molecular weight is 154 g/mol. The first-order valence-corrected chi connectivity index (χ1v) is 4.86. The van der Waals surface area contributed by atoms with Crippen LogP contribution in [0.5, 0.6) is 0 Å². The lowest BCUT2D eigenvalue weighted by atomic mass is 9.78. The molecule has 2 nitrogen and oxygen atoms in total. The molecule has 0 bridgehead atoms. The SMILES string of the molecule is NCC(C1CCC1)N1CCC1. The molecule has 1 saturated heterocycles. The summed E-state index contributed by atoms with van der Waals surface area (Å²) in [6, 6.07) is 0.734. The quantitative estimate of drug-likeness (QED) is 0.652. The first kappa shape index (κ1) is 7.56. The zero-order chi connectivity index (χ0) is 7.68. The predicted molar refractivity (Wildman–Crippen MR) is 46.4 cm³/mol. The average Bonchev–Trinajstić information content (AvgIpc) is 1.78. The van der Waals surface area contributed by atoms with Crippen LogP contribution in [0.25, 0.3) is 0 Å². The number of hydrogen-bond donors (Lipinski definition) is 1. The van der Waals surface area contributed by atoms with Gasteiger partial charge < -0.3 is 5.73 Å². The molecule has 0 aromatic rings. The molecule has 1 unspecified atom stereocenters. The van der Waals surface area contributed by atoms with Gasteiger partial charge in [0, 0.05) is 12.6 Å². The van der Waals surface area contributed by atoms with Crippen molar-refractivity contribution in [3.63, 3.8) is 0 Å². The first-order chi connectivity index (χ1) is 5.42. The molecule has 1 atom stereocenters. The summed E-state index contributed by atoms with van der Waals surface area (Å²) < 4.78 is 0. The van der Waals surface area contributed by atoms with Gasteiger partial charge in [0.05, 0.1) is 0 Å². The van der Waals surface area contributed by atoms with Crippen LogP contribution in [0, 0.1) is 5.92 Å². The fraction of sp³-hybridized carbons (Fsp3) is 1.00. The van der Waals surface area contributed by atoms with Gasteiger partial charge >= 0.3 is 0 Å². The summed E-state index contributed by atoms with van der Waals surface area (Å²) in [5.41, 5.74) is 5.75. The molecule has 0 amide bonds. The molecule has 2 N–H and O–H groups in total. The lowest BCUT2D eigenvalue weighted by Gasteiger charge is -2.45.